The van der Waals surface area contributed by atoms with E-state index in [0.717, 1.165) is 17.8 Å². The Labute approximate surface area is 77.7 Å². The molecule has 0 bridgehead atoms. The lowest BCUT2D eigenvalue weighted by Gasteiger charge is -2.46. The maximum absolute atomic E-state index is 2.39. The normalized spacial score (nSPS) is 30.5. The highest BCUT2D eigenvalue weighted by atomic mass is 14.4. The summed E-state index contributed by atoms with van der Waals surface area (Å²) >= 11 is 0. The van der Waals surface area contributed by atoms with Gasteiger partial charge in [0.2, 0.25) is 0 Å². The van der Waals surface area contributed by atoms with E-state index in [1.165, 1.54) is 19.3 Å². The van der Waals surface area contributed by atoms with Crippen molar-refractivity contribution < 1.29 is 0 Å². The largest absolute Gasteiger partial charge is 0.0628 e. The zero-order valence-corrected chi connectivity index (χ0v) is 9.35. The van der Waals surface area contributed by atoms with Crippen LogP contribution in [0, 0.1) is 23.2 Å². The fourth-order valence-electron chi connectivity index (χ4n) is 2.60. The molecule has 0 heterocycles. The summed E-state index contributed by atoms with van der Waals surface area (Å²) in [7, 11) is 0. The van der Waals surface area contributed by atoms with Crippen molar-refractivity contribution in [2.45, 2.75) is 53.9 Å². The van der Waals surface area contributed by atoms with E-state index in [1.54, 1.807) is 0 Å². The summed E-state index contributed by atoms with van der Waals surface area (Å²) in [6, 6.07) is 0. The van der Waals surface area contributed by atoms with Gasteiger partial charge in [0, 0.05) is 0 Å². The molecular formula is C12H24. The second-order valence-electron chi connectivity index (χ2n) is 5.94. The van der Waals surface area contributed by atoms with Crippen LogP contribution in [0.3, 0.4) is 0 Å². The van der Waals surface area contributed by atoms with Gasteiger partial charge in [-0.2, -0.15) is 0 Å². The molecule has 0 amide bonds. The highest BCUT2D eigenvalue weighted by Crippen LogP contribution is 2.48. The third-order valence-electron chi connectivity index (χ3n) is 3.30. The van der Waals surface area contributed by atoms with Crippen LogP contribution >= 0.6 is 0 Å². The van der Waals surface area contributed by atoms with Gasteiger partial charge in [0.1, 0.15) is 0 Å². The number of rotatable bonds is 2. The summed E-state index contributed by atoms with van der Waals surface area (Å²) in [5.41, 5.74) is 0.553. The molecule has 1 fully saturated rings. The molecule has 1 saturated carbocycles. The van der Waals surface area contributed by atoms with E-state index in [1.807, 2.05) is 0 Å². The van der Waals surface area contributed by atoms with Crippen molar-refractivity contribution >= 4 is 0 Å². The molecule has 1 aliphatic rings. The molecule has 2 atom stereocenters. The first-order chi connectivity index (χ1) is 5.41. The van der Waals surface area contributed by atoms with Gasteiger partial charge < -0.3 is 0 Å². The molecule has 2 unspecified atom stereocenters. The molecule has 0 aromatic carbocycles. The molecule has 12 heavy (non-hydrogen) atoms. The van der Waals surface area contributed by atoms with Crippen LogP contribution < -0.4 is 0 Å². The molecule has 0 aromatic rings. The van der Waals surface area contributed by atoms with Crippen LogP contribution in [-0.4, -0.2) is 0 Å². The minimum absolute atomic E-state index is 0.553. The molecule has 0 saturated heterocycles. The zero-order valence-electron chi connectivity index (χ0n) is 9.35. The Morgan fingerprint density at radius 2 is 1.75 bits per heavy atom. The van der Waals surface area contributed by atoms with Gasteiger partial charge in [-0.25, -0.2) is 0 Å². The fourth-order valence-corrected chi connectivity index (χ4v) is 2.60. The first-order valence-corrected chi connectivity index (χ1v) is 5.41. The van der Waals surface area contributed by atoms with Gasteiger partial charge in [-0.15, -0.1) is 0 Å². The van der Waals surface area contributed by atoms with Gasteiger partial charge >= 0.3 is 0 Å². The van der Waals surface area contributed by atoms with Crippen LogP contribution in [0.25, 0.3) is 0 Å². The minimum Gasteiger partial charge on any atom is -0.0628 e. The first kappa shape index (κ1) is 10.1. The van der Waals surface area contributed by atoms with Crippen molar-refractivity contribution in [3.05, 3.63) is 0 Å². The van der Waals surface area contributed by atoms with Crippen LogP contribution in [0.5, 0.6) is 0 Å². The lowest BCUT2D eigenvalue weighted by atomic mass is 9.59. The van der Waals surface area contributed by atoms with Gasteiger partial charge in [-0.05, 0) is 42.4 Å². The molecule has 72 valence electrons. The smallest absolute Gasteiger partial charge is 0.0337 e. The molecule has 0 aliphatic heterocycles. The van der Waals surface area contributed by atoms with E-state index >= 15 is 0 Å². The zero-order chi connectivity index (χ0) is 9.35. The highest BCUT2D eigenvalue weighted by molar-refractivity contribution is 4.88. The second-order valence-corrected chi connectivity index (χ2v) is 5.94. The number of hydrogen-bond donors (Lipinski definition) is 0. The molecule has 0 aromatic heterocycles. The number of hydrogen-bond acceptors (Lipinski definition) is 0. The van der Waals surface area contributed by atoms with E-state index in [-0.39, 0.29) is 0 Å². The molecule has 0 radical (unpaired) electrons. The Hall–Kier alpha value is 0. The summed E-state index contributed by atoms with van der Waals surface area (Å²) in [5, 5.41) is 0. The molecule has 1 aliphatic carbocycles. The van der Waals surface area contributed by atoms with Gasteiger partial charge in [-0.3, -0.25) is 0 Å². The average Bonchev–Trinajstić information content (AvgIpc) is 1.75. The summed E-state index contributed by atoms with van der Waals surface area (Å²) in [6.45, 7) is 11.9. The van der Waals surface area contributed by atoms with Crippen molar-refractivity contribution in [3.63, 3.8) is 0 Å². The summed E-state index contributed by atoms with van der Waals surface area (Å²) < 4.78 is 0. The lowest BCUT2D eigenvalue weighted by Crippen LogP contribution is -2.36. The third kappa shape index (κ3) is 2.24. The van der Waals surface area contributed by atoms with E-state index in [9.17, 15) is 0 Å². The van der Waals surface area contributed by atoms with Crippen molar-refractivity contribution in [2.24, 2.45) is 23.2 Å². The van der Waals surface area contributed by atoms with Crippen molar-refractivity contribution in [2.75, 3.05) is 0 Å². The summed E-state index contributed by atoms with van der Waals surface area (Å²) in [5.74, 6) is 2.92. The summed E-state index contributed by atoms with van der Waals surface area (Å²) in [4.78, 5) is 0. The first-order valence-electron chi connectivity index (χ1n) is 5.41. The highest BCUT2D eigenvalue weighted by Gasteiger charge is 2.38. The predicted molar refractivity (Wildman–Crippen MR) is 55.1 cm³/mol. The Morgan fingerprint density at radius 1 is 1.17 bits per heavy atom. The predicted octanol–water partition coefficient (Wildman–Crippen LogP) is 4.10. The molecular weight excluding hydrogens is 144 g/mol. The van der Waals surface area contributed by atoms with Crippen LogP contribution in [0.4, 0.5) is 0 Å². The molecule has 0 N–H and O–H groups in total. The average molecular weight is 168 g/mol. The minimum atomic E-state index is 0.553. The van der Waals surface area contributed by atoms with Crippen LogP contribution in [0.15, 0.2) is 0 Å². The molecule has 0 heteroatoms. The van der Waals surface area contributed by atoms with Gasteiger partial charge in [0.05, 0.1) is 0 Å². The second kappa shape index (κ2) is 3.40. The van der Waals surface area contributed by atoms with Crippen LogP contribution in [0.2, 0.25) is 0 Å². The standard InChI is InChI=1S/C12H24/c1-9(2)8-10-6-7-11(10)12(3,4)5/h9-11H,6-8H2,1-5H3. The van der Waals surface area contributed by atoms with E-state index in [4.69, 9.17) is 0 Å². The molecule has 0 spiro atoms. The van der Waals surface area contributed by atoms with Crippen LogP contribution in [-0.2, 0) is 0 Å². The van der Waals surface area contributed by atoms with E-state index in [0.29, 0.717) is 5.41 Å². The molecule has 1 rings (SSSR count). The van der Waals surface area contributed by atoms with Gasteiger partial charge in [0.25, 0.3) is 0 Å². The maximum Gasteiger partial charge on any atom is -0.0337 e. The Balaban J connectivity index is 2.39. The van der Waals surface area contributed by atoms with Gasteiger partial charge in [-0.1, -0.05) is 34.6 Å². The summed E-state index contributed by atoms with van der Waals surface area (Å²) in [6.07, 6.45) is 4.41. The maximum atomic E-state index is 2.39. The van der Waals surface area contributed by atoms with Gasteiger partial charge in [0.15, 0.2) is 0 Å². The van der Waals surface area contributed by atoms with E-state index < -0.39 is 0 Å². The topological polar surface area (TPSA) is 0 Å². The SMILES string of the molecule is CC(C)CC1CCC1C(C)(C)C. The Kier molecular flexibility index (Phi) is 2.85. The Morgan fingerprint density at radius 3 is 2.00 bits per heavy atom. The fraction of sp³-hybridized carbons (Fsp3) is 1.00. The molecule has 0 nitrogen and oxygen atoms in total. The van der Waals surface area contributed by atoms with Crippen molar-refractivity contribution in [1.82, 2.24) is 0 Å². The van der Waals surface area contributed by atoms with Crippen molar-refractivity contribution in [3.8, 4) is 0 Å². The van der Waals surface area contributed by atoms with E-state index in [2.05, 4.69) is 34.6 Å². The third-order valence-corrected chi connectivity index (χ3v) is 3.30. The van der Waals surface area contributed by atoms with Crippen LogP contribution in [0.1, 0.15) is 53.9 Å². The Bertz CT molecular complexity index is 139. The monoisotopic (exact) mass is 168 g/mol. The lowest BCUT2D eigenvalue weighted by molar-refractivity contribution is 0.0420. The quantitative estimate of drug-likeness (QED) is 0.582. The van der Waals surface area contributed by atoms with Crippen molar-refractivity contribution in [1.29, 1.82) is 0 Å².